The van der Waals surface area contributed by atoms with Crippen molar-refractivity contribution in [2.75, 3.05) is 0 Å². The maximum absolute atomic E-state index is 12.9. The number of amidine groups is 1. The van der Waals surface area contributed by atoms with Crippen LogP contribution in [0.2, 0.25) is 0 Å². The lowest BCUT2D eigenvalue weighted by Gasteiger charge is -2.29. The first-order chi connectivity index (χ1) is 13.2. The molecular weight excluding hydrogens is 376 g/mol. The van der Waals surface area contributed by atoms with Gasteiger partial charge in [-0.25, -0.2) is 0 Å². The third-order valence-corrected chi connectivity index (χ3v) is 6.60. The number of nitrogens with one attached hydrogen (secondary N) is 2. The molecule has 2 N–H and O–H groups in total. The fourth-order valence-corrected chi connectivity index (χ4v) is 4.97. The summed E-state index contributed by atoms with van der Waals surface area (Å²) in [5.74, 6) is 0.263. The molecule has 150 valence electrons. The standard InChI is InChI=1S/C20H26N4O3S/c1-20(2,13-21)23-19(25)16(12-14-8-4-3-5-9-14)22-18-15-10-6-7-11-17(15)28(26,27)24-18/h6-7,10-11,14,16H,3-5,8-9,12H2,1-2H3,(H,22,24)(H,23,25). The summed E-state index contributed by atoms with van der Waals surface area (Å²) < 4.78 is 28.5. The molecule has 2 aliphatic rings. The molecule has 8 heteroatoms. The molecule has 0 radical (unpaired) electrons. The highest BCUT2D eigenvalue weighted by Crippen LogP contribution is 2.29. The molecule has 0 spiro atoms. The van der Waals surface area contributed by atoms with Crippen molar-refractivity contribution in [3.8, 4) is 6.07 Å². The zero-order valence-electron chi connectivity index (χ0n) is 16.2. The molecule has 0 saturated heterocycles. The van der Waals surface area contributed by atoms with Gasteiger partial charge in [0.1, 0.15) is 22.3 Å². The van der Waals surface area contributed by atoms with E-state index in [1.54, 1.807) is 32.0 Å². The van der Waals surface area contributed by atoms with Crippen LogP contribution in [0.4, 0.5) is 0 Å². The molecular formula is C20H26N4O3S. The van der Waals surface area contributed by atoms with Crippen molar-refractivity contribution in [2.45, 2.75) is 68.8 Å². The van der Waals surface area contributed by atoms with Gasteiger partial charge >= 0.3 is 0 Å². The highest BCUT2D eigenvalue weighted by molar-refractivity contribution is 7.90. The molecule has 1 aromatic rings. The van der Waals surface area contributed by atoms with Gasteiger partial charge in [0, 0.05) is 5.56 Å². The van der Waals surface area contributed by atoms with Gasteiger partial charge in [-0.15, -0.1) is 4.40 Å². The Balaban J connectivity index is 1.85. The zero-order chi connectivity index (χ0) is 20.4. The SMILES string of the molecule is CC(C)(C#N)NC(=O)C(CC1CCCCC1)NC1=NS(=O)(=O)c2ccccc21. The summed E-state index contributed by atoms with van der Waals surface area (Å²) in [6.07, 6.45) is 6.17. The predicted octanol–water partition coefficient (Wildman–Crippen LogP) is 2.48. The van der Waals surface area contributed by atoms with Crippen molar-refractivity contribution in [1.29, 1.82) is 5.26 Å². The number of sulfonamides is 1. The molecule has 0 bridgehead atoms. The van der Waals surface area contributed by atoms with Crippen LogP contribution in [0.25, 0.3) is 0 Å². The Labute approximate surface area is 166 Å². The first-order valence-corrected chi connectivity index (χ1v) is 11.1. The second-order valence-electron chi connectivity index (χ2n) is 8.07. The Kier molecular flexibility index (Phi) is 5.75. The number of carbonyl (C=O) groups excluding carboxylic acids is 1. The number of fused-ring (bicyclic) bond motifs is 1. The minimum atomic E-state index is -3.76. The van der Waals surface area contributed by atoms with E-state index in [4.69, 9.17) is 0 Å². The highest BCUT2D eigenvalue weighted by atomic mass is 32.2. The third kappa shape index (κ3) is 4.53. The number of benzene rings is 1. The number of rotatable bonds is 5. The van der Waals surface area contributed by atoms with Crippen LogP contribution in [0, 0.1) is 17.2 Å². The number of carbonyl (C=O) groups is 1. The van der Waals surface area contributed by atoms with E-state index in [1.165, 1.54) is 12.5 Å². The molecule has 7 nitrogen and oxygen atoms in total. The van der Waals surface area contributed by atoms with Crippen LogP contribution >= 0.6 is 0 Å². The normalized spacial score (nSPS) is 19.8. The molecule has 28 heavy (non-hydrogen) atoms. The summed E-state index contributed by atoms with van der Waals surface area (Å²) in [5.41, 5.74) is -0.533. The lowest BCUT2D eigenvalue weighted by molar-refractivity contribution is -0.124. The molecule has 1 fully saturated rings. The van der Waals surface area contributed by atoms with E-state index < -0.39 is 21.6 Å². The Morgan fingerprint density at radius 2 is 1.96 bits per heavy atom. The van der Waals surface area contributed by atoms with E-state index in [0.29, 0.717) is 17.9 Å². The molecule has 1 aliphatic carbocycles. The van der Waals surface area contributed by atoms with E-state index in [0.717, 1.165) is 25.7 Å². The van der Waals surface area contributed by atoms with Gasteiger partial charge in [0.2, 0.25) is 5.91 Å². The predicted molar refractivity (Wildman–Crippen MR) is 106 cm³/mol. The highest BCUT2D eigenvalue weighted by Gasteiger charge is 2.34. The number of hydrogen-bond donors (Lipinski definition) is 2. The summed E-state index contributed by atoms with van der Waals surface area (Å²) in [7, 11) is -3.76. The molecule has 1 amide bonds. The van der Waals surface area contributed by atoms with Crippen molar-refractivity contribution in [2.24, 2.45) is 10.3 Å². The van der Waals surface area contributed by atoms with Gasteiger partial charge in [0.05, 0.1) is 6.07 Å². The van der Waals surface area contributed by atoms with Gasteiger partial charge in [-0.05, 0) is 38.3 Å². The lowest BCUT2D eigenvalue weighted by atomic mass is 9.84. The largest absolute Gasteiger partial charge is 0.357 e. The second kappa shape index (κ2) is 7.92. The van der Waals surface area contributed by atoms with Gasteiger partial charge in [0.25, 0.3) is 10.0 Å². The minimum absolute atomic E-state index is 0.145. The third-order valence-electron chi connectivity index (χ3n) is 5.27. The van der Waals surface area contributed by atoms with Gasteiger partial charge in [-0.1, -0.05) is 44.2 Å². The number of nitriles is 1. The van der Waals surface area contributed by atoms with Crippen molar-refractivity contribution < 1.29 is 13.2 Å². The number of nitrogens with zero attached hydrogens (tertiary/aromatic N) is 2. The van der Waals surface area contributed by atoms with Crippen LogP contribution in [-0.2, 0) is 14.8 Å². The van der Waals surface area contributed by atoms with Crippen LogP contribution in [0.1, 0.15) is 57.9 Å². The summed E-state index contributed by atoms with van der Waals surface area (Å²) >= 11 is 0. The number of hydrogen-bond acceptors (Lipinski definition) is 5. The molecule has 1 aliphatic heterocycles. The van der Waals surface area contributed by atoms with E-state index in [9.17, 15) is 18.5 Å². The maximum Gasteiger partial charge on any atom is 0.285 e. The van der Waals surface area contributed by atoms with Gasteiger partial charge in [-0.3, -0.25) is 4.79 Å². The van der Waals surface area contributed by atoms with Crippen LogP contribution in [0.3, 0.4) is 0 Å². The lowest BCUT2D eigenvalue weighted by Crippen LogP contribution is -2.53. The van der Waals surface area contributed by atoms with Crippen molar-refractivity contribution in [3.05, 3.63) is 29.8 Å². The van der Waals surface area contributed by atoms with E-state index in [2.05, 4.69) is 21.1 Å². The second-order valence-corrected chi connectivity index (χ2v) is 9.65. The molecule has 1 saturated carbocycles. The van der Waals surface area contributed by atoms with E-state index in [-0.39, 0.29) is 16.6 Å². The van der Waals surface area contributed by atoms with Crippen molar-refractivity contribution >= 4 is 21.8 Å². The molecule has 1 unspecified atom stereocenters. The van der Waals surface area contributed by atoms with E-state index >= 15 is 0 Å². The Morgan fingerprint density at radius 1 is 1.29 bits per heavy atom. The maximum atomic E-state index is 12.9. The monoisotopic (exact) mass is 402 g/mol. The first-order valence-electron chi connectivity index (χ1n) is 9.66. The molecule has 1 aromatic carbocycles. The average Bonchev–Trinajstić information content (AvgIpc) is 2.92. The topological polar surface area (TPSA) is 111 Å². The quantitative estimate of drug-likeness (QED) is 0.786. The molecule has 0 aromatic heterocycles. The van der Waals surface area contributed by atoms with E-state index in [1.807, 2.05) is 0 Å². The molecule has 3 rings (SSSR count). The van der Waals surface area contributed by atoms with Gasteiger partial charge in [0.15, 0.2) is 0 Å². The summed E-state index contributed by atoms with van der Waals surface area (Å²) in [6.45, 7) is 3.27. The summed E-state index contributed by atoms with van der Waals surface area (Å²) in [5, 5.41) is 15.1. The minimum Gasteiger partial charge on any atom is -0.357 e. The van der Waals surface area contributed by atoms with Crippen molar-refractivity contribution in [3.63, 3.8) is 0 Å². The smallest absolute Gasteiger partial charge is 0.285 e. The van der Waals surface area contributed by atoms with Crippen molar-refractivity contribution in [1.82, 2.24) is 10.6 Å². The first kappa shape index (κ1) is 20.3. The summed E-state index contributed by atoms with van der Waals surface area (Å²) in [4.78, 5) is 13.1. The van der Waals surface area contributed by atoms with Crippen LogP contribution in [0.15, 0.2) is 33.6 Å². The Bertz CT molecular complexity index is 925. The van der Waals surface area contributed by atoms with Crippen LogP contribution < -0.4 is 10.6 Å². The number of amides is 1. The fraction of sp³-hybridized carbons (Fsp3) is 0.550. The average molecular weight is 403 g/mol. The van der Waals surface area contributed by atoms with Gasteiger partial charge in [-0.2, -0.15) is 13.7 Å². The fourth-order valence-electron chi connectivity index (χ4n) is 3.79. The van der Waals surface area contributed by atoms with Gasteiger partial charge < -0.3 is 10.6 Å². The Morgan fingerprint density at radius 3 is 2.64 bits per heavy atom. The van der Waals surface area contributed by atoms with Crippen LogP contribution in [-0.4, -0.2) is 31.7 Å². The Hall–Kier alpha value is -2.40. The molecule has 1 atom stereocenters. The van der Waals surface area contributed by atoms with Crippen LogP contribution in [0.5, 0.6) is 0 Å². The molecule has 1 heterocycles. The zero-order valence-corrected chi connectivity index (χ0v) is 17.1. The summed E-state index contributed by atoms with van der Waals surface area (Å²) in [6, 6.07) is 7.99.